The summed E-state index contributed by atoms with van der Waals surface area (Å²) in [6, 6.07) is 7.03. The molecule has 8 heteroatoms. The van der Waals surface area contributed by atoms with Crippen molar-refractivity contribution in [3.05, 3.63) is 64.7 Å². The van der Waals surface area contributed by atoms with Gasteiger partial charge in [0.15, 0.2) is 0 Å². The number of nitrogens with zero attached hydrogens (tertiary/aromatic N) is 3. The zero-order valence-corrected chi connectivity index (χ0v) is 14.2. The lowest BCUT2D eigenvalue weighted by atomic mass is 10.0. The fourth-order valence-electron chi connectivity index (χ4n) is 2.40. The number of pyridine rings is 1. The molecule has 0 aliphatic heterocycles. The molecule has 0 spiro atoms. The molecule has 0 radical (unpaired) electrons. The van der Waals surface area contributed by atoms with Crippen molar-refractivity contribution >= 4 is 17.7 Å². The van der Waals surface area contributed by atoms with Crippen LogP contribution in [0.4, 0.5) is 16.2 Å². The van der Waals surface area contributed by atoms with Crippen molar-refractivity contribution in [1.29, 1.82) is 0 Å². The Hall–Kier alpha value is -3.99. The van der Waals surface area contributed by atoms with Gasteiger partial charge in [-0.05, 0) is 31.2 Å². The number of aromatic carboxylic acids is 1. The van der Waals surface area contributed by atoms with E-state index in [2.05, 4.69) is 26.8 Å². The van der Waals surface area contributed by atoms with E-state index in [9.17, 15) is 9.18 Å². The van der Waals surface area contributed by atoms with Crippen molar-refractivity contribution in [3.63, 3.8) is 0 Å². The first-order valence-corrected chi connectivity index (χ1v) is 7.76. The Balaban J connectivity index is 2.13. The molecule has 0 saturated carbocycles. The third kappa shape index (κ3) is 3.82. The smallest absolute Gasteiger partial charge is 0.338 e. The Morgan fingerprint density at radius 2 is 1.93 bits per heavy atom. The predicted molar refractivity (Wildman–Crippen MR) is 98.2 cm³/mol. The molecular formula is C19H14FN5O2. The molecule has 2 aromatic heterocycles. The molecule has 0 aliphatic carbocycles. The number of rotatable bonds is 2. The summed E-state index contributed by atoms with van der Waals surface area (Å²) in [5, 5.41) is 8.98. The first kappa shape index (κ1) is 17.8. The Bertz CT molecular complexity index is 1100. The second-order valence-electron chi connectivity index (χ2n) is 5.61. The maximum absolute atomic E-state index is 14.1. The highest BCUT2D eigenvalue weighted by Gasteiger charge is 2.15. The molecule has 134 valence electrons. The maximum atomic E-state index is 14.1. The number of aryl methyl sites for hydroxylation is 1. The summed E-state index contributed by atoms with van der Waals surface area (Å²) in [7, 11) is 0. The van der Waals surface area contributed by atoms with Crippen molar-refractivity contribution in [2.45, 2.75) is 6.92 Å². The van der Waals surface area contributed by atoms with Gasteiger partial charge in [0.05, 0.1) is 22.5 Å². The molecule has 7 nitrogen and oxygen atoms in total. The zero-order chi connectivity index (χ0) is 19.6. The van der Waals surface area contributed by atoms with Crippen LogP contribution in [-0.2, 0) is 0 Å². The monoisotopic (exact) mass is 363 g/mol. The van der Waals surface area contributed by atoms with Crippen LogP contribution in [-0.4, -0.2) is 26.0 Å². The molecule has 0 atom stereocenters. The van der Waals surface area contributed by atoms with Crippen molar-refractivity contribution < 1.29 is 14.3 Å². The standard InChI is InChI=1S/C19H14FN5O2/c1-10-13(5-2-11-3-7-16(21)23-9-11)17(25-19(22)24-10)12-4-6-14(18(26)27)15(20)8-12/h3-4,6-9H,1H3,(H2,21,23)(H,26,27)(H2,22,24,25). The van der Waals surface area contributed by atoms with Crippen LogP contribution in [0.15, 0.2) is 36.5 Å². The van der Waals surface area contributed by atoms with Crippen LogP contribution >= 0.6 is 0 Å². The Kier molecular flexibility index (Phi) is 4.68. The van der Waals surface area contributed by atoms with Gasteiger partial charge in [0.1, 0.15) is 11.6 Å². The lowest BCUT2D eigenvalue weighted by molar-refractivity contribution is 0.0692. The number of aromatic nitrogens is 3. The number of carboxylic acid groups (broad SMARTS) is 1. The molecule has 2 heterocycles. The molecule has 27 heavy (non-hydrogen) atoms. The molecule has 0 fully saturated rings. The van der Waals surface area contributed by atoms with E-state index < -0.39 is 17.3 Å². The van der Waals surface area contributed by atoms with E-state index >= 15 is 0 Å². The number of halogens is 1. The number of carboxylic acids is 1. The number of hydrogen-bond donors (Lipinski definition) is 3. The van der Waals surface area contributed by atoms with Gasteiger partial charge in [-0.15, -0.1) is 0 Å². The molecule has 3 aromatic rings. The maximum Gasteiger partial charge on any atom is 0.338 e. The molecule has 1 aromatic carbocycles. The average Bonchev–Trinajstić information content (AvgIpc) is 2.61. The molecular weight excluding hydrogens is 349 g/mol. The molecule has 0 aliphatic rings. The molecule has 0 bridgehead atoms. The third-order valence-electron chi connectivity index (χ3n) is 3.70. The van der Waals surface area contributed by atoms with Crippen LogP contribution in [0.25, 0.3) is 11.3 Å². The first-order valence-electron chi connectivity index (χ1n) is 7.76. The van der Waals surface area contributed by atoms with Crippen molar-refractivity contribution in [1.82, 2.24) is 15.0 Å². The van der Waals surface area contributed by atoms with Gasteiger partial charge in [-0.3, -0.25) is 0 Å². The number of carbonyl (C=O) groups is 1. The molecule has 0 amide bonds. The summed E-state index contributed by atoms with van der Waals surface area (Å²) >= 11 is 0. The van der Waals surface area contributed by atoms with Gasteiger partial charge in [-0.25, -0.2) is 24.1 Å². The van der Waals surface area contributed by atoms with Crippen LogP contribution < -0.4 is 11.5 Å². The SMILES string of the molecule is Cc1nc(N)nc(-c2ccc(C(=O)O)c(F)c2)c1C#Cc1ccc(N)nc1. The Morgan fingerprint density at radius 1 is 1.15 bits per heavy atom. The van der Waals surface area contributed by atoms with E-state index in [1.807, 2.05) is 0 Å². The highest BCUT2D eigenvalue weighted by Crippen LogP contribution is 2.25. The second kappa shape index (κ2) is 7.09. The van der Waals surface area contributed by atoms with Gasteiger partial charge in [0.2, 0.25) is 5.95 Å². The summed E-state index contributed by atoms with van der Waals surface area (Å²) in [5.74, 6) is 4.03. The van der Waals surface area contributed by atoms with Gasteiger partial charge in [0, 0.05) is 17.3 Å². The highest BCUT2D eigenvalue weighted by atomic mass is 19.1. The fourth-order valence-corrected chi connectivity index (χ4v) is 2.40. The van der Waals surface area contributed by atoms with Crippen LogP contribution in [0.1, 0.15) is 27.2 Å². The van der Waals surface area contributed by atoms with Gasteiger partial charge in [0.25, 0.3) is 0 Å². The summed E-state index contributed by atoms with van der Waals surface area (Å²) in [6.45, 7) is 1.70. The van der Waals surface area contributed by atoms with Crippen LogP contribution in [0, 0.1) is 24.6 Å². The summed E-state index contributed by atoms with van der Waals surface area (Å²) in [6.07, 6.45) is 1.52. The predicted octanol–water partition coefficient (Wildman–Crippen LogP) is 2.25. The minimum atomic E-state index is -1.35. The number of benzene rings is 1. The Morgan fingerprint density at radius 3 is 2.56 bits per heavy atom. The lowest BCUT2D eigenvalue weighted by Gasteiger charge is -2.09. The zero-order valence-electron chi connectivity index (χ0n) is 14.2. The van der Waals surface area contributed by atoms with E-state index in [4.69, 9.17) is 16.6 Å². The summed E-state index contributed by atoms with van der Waals surface area (Å²) in [5.41, 5.74) is 13.1. The van der Waals surface area contributed by atoms with Gasteiger partial charge in [-0.2, -0.15) is 0 Å². The topological polar surface area (TPSA) is 128 Å². The van der Waals surface area contributed by atoms with E-state index in [1.165, 1.54) is 18.3 Å². The van der Waals surface area contributed by atoms with E-state index in [-0.39, 0.29) is 5.95 Å². The largest absolute Gasteiger partial charge is 0.478 e. The number of nitrogen functional groups attached to an aromatic ring is 2. The van der Waals surface area contributed by atoms with E-state index in [0.29, 0.717) is 33.9 Å². The first-order chi connectivity index (χ1) is 12.8. The summed E-state index contributed by atoms with van der Waals surface area (Å²) in [4.78, 5) is 23.2. The van der Waals surface area contributed by atoms with Crippen LogP contribution in [0.2, 0.25) is 0 Å². The van der Waals surface area contributed by atoms with Crippen LogP contribution in [0.3, 0.4) is 0 Å². The number of anilines is 2. The minimum Gasteiger partial charge on any atom is -0.478 e. The normalized spacial score (nSPS) is 10.1. The van der Waals surface area contributed by atoms with Gasteiger partial charge >= 0.3 is 5.97 Å². The minimum absolute atomic E-state index is 0.00456. The Labute approximate surface area is 153 Å². The highest BCUT2D eigenvalue weighted by molar-refractivity contribution is 5.88. The van der Waals surface area contributed by atoms with Crippen molar-refractivity contribution in [2.24, 2.45) is 0 Å². The quantitative estimate of drug-likeness (QED) is 0.596. The fraction of sp³-hybridized carbons (Fsp3) is 0.0526. The van der Waals surface area contributed by atoms with Crippen LogP contribution in [0.5, 0.6) is 0 Å². The third-order valence-corrected chi connectivity index (χ3v) is 3.70. The van der Waals surface area contributed by atoms with E-state index in [0.717, 1.165) is 6.07 Å². The molecule has 3 rings (SSSR count). The molecule has 0 saturated heterocycles. The summed E-state index contributed by atoms with van der Waals surface area (Å²) < 4.78 is 14.1. The number of nitrogens with two attached hydrogens (primary N) is 2. The second-order valence-corrected chi connectivity index (χ2v) is 5.61. The van der Waals surface area contributed by atoms with E-state index in [1.54, 1.807) is 19.1 Å². The lowest BCUT2D eigenvalue weighted by Crippen LogP contribution is -2.04. The van der Waals surface area contributed by atoms with Gasteiger partial charge in [-0.1, -0.05) is 17.9 Å². The van der Waals surface area contributed by atoms with Gasteiger partial charge < -0.3 is 16.6 Å². The molecule has 5 N–H and O–H groups in total. The molecule has 0 unspecified atom stereocenters. The number of hydrogen-bond acceptors (Lipinski definition) is 6. The van der Waals surface area contributed by atoms with Crippen molar-refractivity contribution in [3.8, 4) is 23.1 Å². The average molecular weight is 363 g/mol. The van der Waals surface area contributed by atoms with Crippen molar-refractivity contribution in [2.75, 3.05) is 11.5 Å².